The van der Waals surface area contributed by atoms with Gasteiger partial charge in [-0.2, -0.15) is 0 Å². The van der Waals surface area contributed by atoms with E-state index < -0.39 is 0 Å². The zero-order chi connectivity index (χ0) is 12.5. The smallest absolute Gasteiger partial charge is 0.107 e. The number of thiazole rings is 1. The van der Waals surface area contributed by atoms with Crippen LogP contribution in [-0.2, 0) is 6.54 Å². The maximum Gasteiger partial charge on any atom is 0.107 e. The monoisotopic (exact) mass is 253 g/mol. The van der Waals surface area contributed by atoms with Crippen LogP contribution in [-0.4, -0.2) is 35.1 Å². The minimum absolute atomic E-state index is 0.277. The zero-order valence-electron chi connectivity index (χ0n) is 11.3. The summed E-state index contributed by atoms with van der Waals surface area (Å²) in [4.78, 5) is 8.51. The molecule has 1 saturated heterocycles. The molecule has 1 fully saturated rings. The second-order valence-electron chi connectivity index (χ2n) is 5.30. The third kappa shape index (κ3) is 3.06. The average molecular weight is 253 g/mol. The molecule has 1 unspecified atom stereocenters. The van der Waals surface area contributed by atoms with Crippen LogP contribution in [0.15, 0.2) is 0 Å². The fourth-order valence-corrected chi connectivity index (χ4v) is 3.29. The molecule has 1 aliphatic rings. The first-order valence-electron chi connectivity index (χ1n) is 6.43. The lowest BCUT2D eigenvalue weighted by Crippen LogP contribution is -2.58. The highest BCUT2D eigenvalue weighted by Gasteiger charge is 2.28. The van der Waals surface area contributed by atoms with Gasteiger partial charge in [0.1, 0.15) is 5.01 Å². The predicted molar refractivity (Wildman–Crippen MR) is 73.6 cm³/mol. The van der Waals surface area contributed by atoms with E-state index in [1.807, 2.05) is 11.3 Å². The molecule has 1 aliphatic heterocycles. The lowest BCUT2D eigenvalue weighted by atomic mass is 9.96. The summed E-state index contributed by atoms with van der Waals surface area (Å²) >= 11 is 1.84. The van der Waals surface area contributed by atoms with Gasteiger partial charge in [0, 0.05) is 30.1 Å². The van der Waals surface area contributed by atoms with E-state index in [9.17, 15) is 0 Å². The van der Waals surface area contributed by atoms with Crippen molar-refractivity contribution in [1.82, 2.24) is 15.2 Å². The highest BCUT2D eigenvalue weighted by Crippen LogP contribution is 2.21. The van der Waals surface area contributed by atoms with Crippen molar-refractivity contribution in [1.29, 1.82) is 0 Å². The molecule has 1 atom stereocenters. The van der Waals surface area contributed by atoms with Gasteiger partial charge in [-0.15, -0.1) is 11.3 Å². The number of piperazine rings is 1. The van der Waals surface area contributed by atoms with Gasteiger partial charge in [-0.3, -0.25) is 4.90 Å². The first kappa shape index (κ1) is 13.0. The van der Waals surface area contributed by atoms with E-state index in [0.717, 1.165) is 26.2 Å². The van der Waals surface area contributed by atoms with Crippen molar-refractivity contribution in [3.8, 4) is 0 Å². The Kier molecular flexibility index (Phi) is 3.85. The quantitative estimate of drug-likeness (QED) is 0.896. The van der Waals surface area contributed by atoms with Gasteiger partial charge in [-0.05, 0) is 27.2 Å². The van der Waals surface area contributed by atoms with E-state index in [-0.39, 0.29) is 5.54 Å². The molecular formula is C13H23N3S. The minimum atomic E-state index is 0.277. The van der Waals surface area contributed by atoms with Crippen LogP contribution in [0, 0.1) is 13.8 Å². The number of nitrogens with zero attached hydrogens (tertiary/aromatic N) is 2. The lowest BCUT2D eigenvalue weighted by molar-refractivity contribution is 0.133. The molecular weight excluding hydrogens is 230 g/mol. The van der Waals surface area contributed by atoms with Crippen LogP contribution in [0.2, 0.25) is 0 Å². The summed E-state index contributed by atoms with van der Waals surface area (Å²) in [6.07, 6.45) is 1.18. The van der Waals surface area contributed by atoms with Crippen LogP contribution in [0.1, 0.15) is 35.8 Å². The van der Waals surface area contributed by atoms with Crippen molar-refractivity contribution in [3.63, 3.8) is 0 Å². The van der Waals surface area contributed by atoms with Gasteiger partial charge in [0.15, 0.2) is 0 Å². The van der Waals surface area contributed by atoms with E-state index in [2.05, 4.69) is 42.9 Å². The topological polar surface area (TPSA) is 28.2 Å². The average Bonchev–Trinajstić information content (AvgIpc) is 2.58. The van der Waals surface area contributed by atoms with Crippen molar-refractivity contribution < 1.29 is 0 Å². The van der Waals surface area contributed by atoms with Crippen molar-refractivity contribution in [2.45, 2.75) is 46.2 Å². The molecule has 2 rings (SSSR count). The van der Waals surface area contributed by atoms with Gasteiger partial charge in [0.25, 0.3) is 0 Å². The number of aryl methyl sites for hydroxylation is 2. The summed E-state index contributed by atoms with van der Waals surface area (Å²) in [6.45, 7) is 13.2. The highest BCUT2D eigenvalue weighted by atomic mass is 32.1. The third-order valence-electron chi connectivity index (χ3n) is 3.76. The van der Waals surface area contributed by atoms with Crippen LogP contribution in [0.5, 0.6) is 0 Å². The van der Waals surface area contributed by atoms with Crippen LogP contribution in [0.3, 0.4) is 0 Å². The first-order valence-corrected chi connectivity index (χ1v) is 7.24. The normalized spacial score (nSPS) is 26.4. The van der Waals surface area contributed by atoms with E-state index in [1.54, 1.807) is 0 Å². The first-order chi connectivity index (χ1) is 8.02. The Labute approximate surface area is 108 Å². The van der Waals surface area contributed by atoms with Gasteiger partial charge in [0.05, 0.1) is 12.2 Å². The zero-order valence-corrected chi connectivity index (χ0v) is 12.2. The maximum atomic E-state index is 4.63. The Morgan fingerprint density at radius 2 is 2.24 bits per heavy atom. The lowest BCUT2D eigenvalue weighted by Gasteiger charge is -2.40. The van der Waals surface area contributed by atoms with Crippen LogP contribution in [0.25, 0.3) is 0 Å². The summed E-state index contributed by atoms with van der Waals surface area (Å²) in [7, 11) is 0. The molecule has 1 aromatic rings. The molecule has 0 bridgehead atoms. The van der Waals surface area contributed by atoms with Gasteiger partial charge in [-0.1, -0.05) is 6.92 Å². The molecule has 0 spiro atoms. The van der Waals surface area contributed by atoms with Gasteiger partial charge in [0.2, 0.25) is 0 Å². The van der Waals surface area contributed by atoms with Crippen molar-refractivity contribution in [3.05, 3.63) is 15.6 Å². The minimum Gasteiger partial charge on any atom is -0.309 e. The molecule has 0 saturated carbocycles. The predicted octanol–water partition coefficient (Wildman–Crippen LogP) is 2.33. The van der Waals surface area contributed by atoms with Crippen LogP contribution < -0.4 is 5.32 Å². The largest absolute Gasteiger partial charge is 0.309 e. The summed E-state index contributed by atoms with van der Waals surface area (Å²) in [5.74, 6) is 0. The molecule has 96 valence electrons. The molecule has 0 radical (unpaired) electrons. The Morgan fingerprint density at radius 1 is 1.47 bits per heavy atom. The fraction of sp³-hybridized carbons (Fsp3) is 0.769. The highest BCUT2D eigenvalue weighted by molar-refractivity contribution is 7.11. The Morgan fingerprint density at radius 3 is 2.82 bits per heavy atom. The molecule has 17 heavy (non-hydrogen) atoms. The molecule has 2 heterocycles. The maximum absolute atomic E-state index is 4.63. The second-order valence-corrected chi connectivity index (χ2v) is 6.59. The summed E-state index contributed by atoms with van der Waals surface area (Å²) < 4.78 is 0. The van der Waals surface area contributed by atoms with Gasteiger partial charge >= 0.3 is 0 Å². The van der Waals surface area contributed by atoms with Crippen molar-refractivity contribution in [2.24, 2.45) is 0 Å². The summed E-state index contributed by atoms with van der Waals surface area (Å²) in [5.41, 5.74) is 1.47. The number of nitrogens with one attached hydrogen (secondary N) is 1. The second kappa shape index (κ2) is 5.04. The summed E-state index contributed by atoms with van der Waals surface area (Å²) in [6, 6.07) is 0. The fourth-order valence-electron chi connectivity index (χ4n) is 2.31. The number of aromatic nitrogens is 1. The third-order valence-corrected chi connectivity index (χ3v) is 4.82. The van der Waals surface area contributed by atoms with E-state index in [4.69, 9.17) is 0 Å². The SMILES string of the molecule is CCC1(C)CN(Cc2nc(C)c(C)s2)CCN1. The number of rotatable bonds is 3. The summed E-state index contributed by atoms with van der Waals surface area (Å²) in [5, 5.41) is 4.88. The number of hydrogen-bond acceptors (Lipinski definition) is 4. The van der Waals surface area contributed by atoms with Crippen molar-refractivity contribution in [2.75, 3.05) is 19.6 Å². The Hall–Kier alpha value is -0.450. The van der Waals surface area contributed by atoms with Crippen molar-refractivity contribution >= 4 is 11.3 Å². The molecule has 1 aromatic heterocycles. The Balaban J connectivity index is 1.99. The van der Waals surface area contributed by atoms with Crippen LogP contribution in [0.4, 0.5) is 0 Å². The van der Waals surface area contributed by atoms with E-state index in [0.29, 0.717) is 0 Å². The molecule has 3 nitrogen and oxygen atoms in total. The van der Waals surface area contributed by atoms with E-state index >= 15 is 0 Å². The molecule has 1 N–H and O–H groups in total. The standard InChI is InChI=1S/C13H23N3S/c1-5-13(4)9-16(7-6-14-13)8-12-15-10(2)11(3)17-12/h14H,5-9H2,1-4H3. The number of hydrogen-bond donors (Lipinski definition) is 1. The molecule has 0 amide bonds. The van der Waals surface area contributed by atoms with Gasteiger partial charge < -0.3 is 5.32 Å². The van der Waals surface area contributed by atoms with E-state index in [1.165, 1.54) is 22.0 Å². The molecule has 0 aromatic carbocycles. The molecule has 0 aliphatic carbocycles. The van der Waals surface area contributed by atoms with Crippen LogP contribution >= 0.6 is 11.3 Å². The Bertz CT molecular complexity index is 369. The molecule has 4 heteroatoms. The van der Waals surface area contributed by atoms with Gasteiger partial charge in [-0.25, -0.2) is 4.98 Å².